The highest BCUT2D eigenvalue weighted by molar-refractivity contribution is 7.16. The van der Waals surface area contributed by atoms with Gasteiger partial charge in [-0.15, -0.1) is 11.3 Å². The summed E-state index contributed by atoms with van der Waals surface area (Å²) in [4.78, 5) is 25.8. The van der Waals surface area contributed by atoms with Crippen LogP contribution in [0.5, 0.6) is 0 Å². The number of amides is 1. The molecule has 0 fully saturated rings. The minimum atomic E-state index is -0.401. The Hall–Kier alpha value is -2.14. The van der Waals surface area contributed by atoms with Crippen molar-refractivity contribution in [2.24, 2.45) is 0 Å². The van der Waals surface area contributed by atoms with E-state index < -0.39 is 5.97 Å². The van der Waals surface area contributed by atoms with E-state index in [2.05, 4.69) is 5.32 Å². The third-order valence-corrected chi connectivity index (χ3v) is 4.67. The molecule has 0 aliphatic heterocycles. The molecule has 0 radical (unpaired) electrons. The first-order valence-electron chi connectivity index (χ1n) is 7.49. The zero-order valence-corrected chi connectivity index (χ0v) is 14.8. The van der Waals surface area contributed by atoms with Crippen LogP contribution < -0.4 is 5.32 Å². The molecule has 2 aromatic rings. The largest absolute Gasteiger partial charge is 0.459 e. The van der Waals surface area contributed by atoms with Crippen LogP contribution in [0.2, 0.25) is 0 Å². The average Bonchev–Trinajstić information content (AvgIpc) is 2.73. The number of hydrogen-bond acceptors (Lipinski definition) is 4. The Morgan fingerprint density at radius 2 is 1.78 bits per heavy atom. The molecule has 4 nitrogen and oxygen atoms in total. The summed E-state index contributed by atoms with van der Waals surface area (Å²) in [7, 11) is 0. The monoisotopic (exact) mass is 331 g/mol. The number of aryl methyl sites for hydroxylation is 2. The van der Waals surface area contributed by atoms with Crippen LogP contribution in [0.4, 0.5) is 5.00 Å². The molecule has 2 rings (SSSR count). The SMILES string of the molecule is Cc1ccccc1C(=O)Nc1sc(C)c(C)c1C(=O)OC(C)C. The Morgan fingerprint density at radius 3 is 2.39 bits per heavy atom. The van der Waals surface area contributed by atoms with Crippen molar-refractivity contribution < 1.29 is 14.3 Å². The first-order valence-corrected chi connectivity index (χ1v) is 8.30. The third-order valence-electron chi connectivity index (χ3n) is 3.55. The van der Waals surface area contributed by atoms with E-state index in [0.717, 1.165) is 16.0 Å². The molecule has 0 aliphatic rings. The molecular formula is C18H21NO3S. The van der Waals surface area contributed by atoms with Crippen LogP contribution in [-0.2, 0) is 4.74 Å². The molecule has 1 N–H and O–H groups in total. The van der Waals surface area contributed by atoms with Gasteiger partial charge in [-0.3, -0.25) is 4.79 Å². The van der Waals surface area contributed by atoms with Gasteiger partial charge in [0.2, 0.25) is 0 Å². The summed E-state index contributed by atoms with van der Waals surface area (Å²) in [6, 6.07) is 7.36. The van der Waals surface area contributed by atoms with Gasteiger partial charge in [-0.25, -0.2) is 4.79 Å². The van der Waals surface area contributed by atoms with Crippen molar-refractivity contribution in [1.29, 1.82) is 0 Å². The number of rotatable bonds is 4. The minimum Gasteiger partial charge on any atom is -0.459 e. The second-order valence-corrected chi connectivity index (χ2v) is 6.94. The molecule has 122 valence electrons. The summed E-state index contributed by atoms with van der Waals surface area (Å²) in [6.45, 7) is 9.28. The van der Waals surface area contributed by atoms with Gasteiger partial charge < -0.3 is 10.1 Å². The van der Waals surface area contributed by atoms with Crippen molar-refractivity contribution >= 4 is 28.2 Å². The molecule has 0 saturated carbocycles. The fourth-order valence-corrected chi connectivity index (χ4v) is 3.28. The first-order chi connectivity index (χ1) is 10.8. The predicted molar refractivity (Wildman–Crippen MR) is 93.5 cm³/mol. The van der Waals surface area contributed by atoms with Crippen molar-refractivity contribution in [1.82, 2.24) is 0 Å². The Morgan fingerprint density at radius 1 is 1.13 bits per heavy atom. The number of benzene rings is 1. The number of carbonyl (C=O) groups is 2. The number of anilines is 1. The fraction of sp³-hybridized carbons (Fsp3) is 0.333. The lowest BCUT2D eigenvalue weighted by Crippen LogP contribution is -2.17. The Bertz CT molecular complexity index is 747. The summed E-state index contributed by atoms with van der Waals surface area (Å²) in [5.74, 6) is -0.620. The van der Waals surface area contributed by atoms with Gasteiger partial charge >= 0.3 is 5.97 Å². The van der Waals surface area contributed by atoms with Gasteiger partial charge in [0.1, 0.15) is 5.00 Å². The standard InChI is InChI=1S/C18H21NO3S/c1-10(2)22-18(21)15-12(4)13(5)23-17(15)19-16(20)14-9-7-6-8-11(14)3/h6-10H,1-5H3,(H,19,20). The number of carbonyl (C=O) groups excluding carboxylic acids is 2. The maximum Gasteiger partial charge on any atom is 0.341 e. The molecule has 23 heavy (non-hydrogen) atoms. The number of ether oxygens (including phenoxy) is 1. The molecular weight excluding hydrogens is 310 g/mol. The van der Waals surface area contributed by atoms with Crippen LogP contribution in [0.25, 0.3) is 0 Å². The lowest BCUT2D eigenvalue weighted by atomic mass is 10.1. The van der Waals surface area contributed by atoms with E-state index in [9.17, 15) is 9.59 Å². The van der Waals surface area contributed by atoms with Crippen molar-refractivity contribution in [2.45, 2.75) is 40.7 Å². The summed E-state index contributed by atoms with van der Waals surface area (Å²) < 4.78 is 5.30. The van der Waals surface area contributed by atoms with E-state index in [-0.39, 0.29) is 12.0 Å². The molecule has 0 spiro atoms. The molecule has 1 amide bonds. The average molecular weight is 331 g/mol. The normalized spacial score (nSPS) is 10.7. The van der Waals surface area contributed by atoms with Crippen molar-refractivity contribution in [3.63, 3.8) is 0 Å². The zero-order valence-electron chi connectivity index (χ0n) is 14.0. The minimum absolute atomic E-state index is 0.206. The molecule has 1 aromatic heterocycles. The van der Waals surface area contributed by atoms with Gasteiger partial charge in [-0.05, 0) is 51.8 Å². The van der Waals surface area contributed by atoms with E-state index in [4.69, 9.17) is 4.74 Å². The molecule has 5 heteroatoms. The van der Waals surface area contributed by atoms with Crippen LogP contribution in [-0.4, -0.2) is 18.0 Å². The van der Waals surface area contributed by atoms with Crippen LogP contribution >= 0.6 is 11.3 Å². The van der Waals surface area contributed by atoms with Crippen LogP contribution in [0, 0.1) is 20.8 Å². The van der Waals surface area contributed by atoms with Gasteiger partial charge in [-0.2, -0.15) is 0 Å². The molecule has 1 heterocycles. The highest BCUT2D eigenvalue weighted by Gasteiger charge is 2.23. The summed E-state index contributed by atoms with van der Waals surface area (Å²) in [5, 5.41) is 3.40. The third kappa shape index (κ3) is 3.79. The molecule has 0 bridgehead atoms. The van der Waals surface area contributed by atoms with E-state index >= 15 is 0 Å². The summed E-state index contributed by atoms with van der Waals surface area (Å²) >= 11 is 1.39. The maximum absolute atomic E-state index is 12.5. The number of nitrogens with one attached hydrogen (secondary N) is 1. The van der Waals surface area contributed by atoms with Gasteiger partial charge in [-0.1, -0.05) is 18.2 Å². The Balaban J connectivity index is 2.33. The lowest BCUT2D eigenvalue weighted by molar-refractivity contribution is 0.0379. The van der Waals surface area contributed by atoms with Crippen molar-refractivity contribution in [3.05, 3.63) is 51.4 Å². The van der Waals surface area contributed by atoms with E-state index in [1.54, 1.807) is 19.9 Å². The van der Waals surface area contributed by atoms with Gasteiger partial charge in [0, 0.05) is 10.4 Å². The zero-order chi connectivity index (χ0) is 17.1. The maximum atomic E-state index is 12.5. The highest BCUT2D eigenvalue weighted by Crippen LogP contribution is 2.33. The Labute approximate surface area is 140 Å². The van der Waals surface area contributed by atoms with Crippen molar-refractivity contribution in [3.8, 4) is 0 Å². The predicted octanol–water partition coefficient (Wildman–Crippen LogP) is 4.49. The molecule has 1 aromatic carbocycles. The second-order valence-electron chi connectivity index (χ2n) is 5.71. The quantitative estimate of drug-likeness (QED) is 0.840. The van der Waals surface area contributed by atoms with Crippen LogP contribution in [0.1, 0.15) is 50.6 Å². The summed E-state index contributed by atoms with van der Waals surface area (Å²) in [5.41, 5.74) is 2.78. The van der Waals surface area contributed by atoms with Gasteiger partial charge in [0.25, 0.3) is 5.91 Å². The van der Waals surface area contributed by atoms with E-state index in [1.165, 1.54) is 11.3 Å². The van der Waals surface area contributed by atoms with Crippen LogP contribution in [0.3, 0.4) is 0 Å². The van der Waals surface area contributed by atoms with Crippen LogP contribution in [0.15, 0.2) is 24.3 Å². The summed E-state index contributed by atoms with van der Waals surface area (Å²) in [6.07, 6.45) is -0.206. The number of thiophene rings is 1. The molecule has 0 aliphatic carbocycles. The second kappa shape index (κ2) is 6.96. The topological polar surface area (TPSA) is 55.4 Å². The van der Waals surface area contributed by atoms with Crippen molar-refractivity contribution in [2.75, 3.05) is 5.32 Å². The Kier molecular flexibility index (Phi) is 5.21. The fourth-order valence-electron chi connectivity index (χ4n) is 2.23. The van der Waals surface area contributed by atoms with Gasteiger partial charge in [0.05, 0.1) is 11.7 Å². The molecule has 0 saturated heterocycles. The number of esters is 1. The van der Waals surface area contributed by atoms with Gasteiger partial charge in [0.15, 0.2) is 0 Å². The molecule has 0 unspecified atom stereocenters. The first kappa shape index (κ1) is 17.2. The number of hydrogen-bond donors (Lipinski definition) is 1. The smallest absolute Gasteiger partial charge is 0.341 e. The molecule has 0 atom stereocenters. The highest BCUT2D eigenvalue weighted by atomic mass is 32.1. The van der Waals surface area contributed by atoms with E-state index in [0.29, 0.717) is 16.1 Å². The van der Waals surface area contributed by atoms with E-state index in [1.807, 2.05) is 39.0 Å². The lowest BCUT2D eigenvalue weighted by Gasteiger charge is -2.11.